The van der Waals surface area contributed by atoms with E-state index in [2.05, 4.69) is 28.9 Å². The summed E-state index contributed by atoms with van der Waals surface area (Å²) in [6.45, 7) is 6.08. The molecule has 0 aliphatic rings. The number of hydrogen-bond acceptors (Lipinski definition) is 3. The van der Waals surface area contributed by atoms with Crippen LogP contribution in [0.1, 0.15) is 39.2 Å². The van der Waals surface area contributed by atoms with E-state index in [4.69, 9.17) is 0 Å². The smallest absolute Gasteiger partial charge is 0.258 e. The van der Waals surface area contributed by atoms with Gasteiger partial charge in [0, 0.05) is 6.07 Å². The minimum atomic E-state index is -0.344. The fourth-order valence-electron chi connectivity index (χ4n) is 1.66. The van der Waals surface area contributed by atoms with E-state index in [1.807, 2.05) is 19.9 Å². The first-order chi connectivity index (χ1) is 9.47. The number of thioether (sulfide) groups is 1. The highest BCUT2D eigenvalue weighted by Crippen LogP contribution is 2.38. The van der Waals surface area contributed by atoms with E-state index in [0.717, 1.165) is 22.2 Å². The van der Waals surface area contributed by atoms with Crippen molar-refractivity contribution in [2.45, 2.75) is 33.6 Å². The molecule has 0 fully saturated rings. The Balaban J connectivity index is 3.06. The van der Waals surface area contributed by atoms with Crippen molar-refractivity contribution in [2.75, 3.05) is 0 Å². The van der Waals surface area contributed by atoms with Gasteiger partial charge in [-0.3, -0.25) is 10.1 Å². The lowest BCUT2D eigenvalue weighted by Gasteiger charge is -2.07. The molecule has 0 heterocycles. The molecule has 0 saturated heterocycles. The molecule has 0 saturated carbocycles. The molecule has 0 N–H and O–H groups in total. The fraction of sp³-hybridized carbons (Fsp3) is 0.333. The molecule has 0 atom stereocenters. The molecule has 0 radical (unpaired) electrons. The summed E-state index contributed by atoms with van der Waals surface area (Å²) in [5.41, 5.74) is 1.67. The molecule has 1 aromatic carbocycles. The molecule has 1 rings (SSSR count). The van der Waals surface area contributed by atoms with Crippen molar-refractivity contribution in [2.24, 2.45) is 0 Å². The number of allylic oxidation sites excluding steroid dienone is 3. The quantitative estimate of drug-likeness (QED) is 0.456. The highest BCUT2D eigenvalue weighted by molar-refractivity contribution is 9.14. The largest absolute Gasteiger partial charge is 0.276 e. The highest BCUT2D eigenvalue weighted by atomic mass is 79.9. The van der Waals surface area contributed by atoms with Gasteiger partial charge >= 0.3 is 0 Å². The van der Waals surface area contributed by atoms with Gasteiger partial charge in [-0.15, -0.1) is 0 Å². The number of hydrogen-bond donors (Lipinski definition) is 0. The van der Waals surface area contributed by atoms with E-state index in [0.29, 0.717) is 5.56 Å². The topological polar surface area (TPSA) is 43.1 Å². The predicted octanol–water partition coefficient (Wildman–Crippen LogP) is 6.12. The SMILES string of the molecule is CCC/C=C(\C)S/C(Br)=C(\C)c1ccccc1[N+](=O)[O-]. The van der Waals surface area contributed by atoms with Gasteiger partial charge in [0.1, 0.15) is 0 Å². The lowest BCUT2D eigenvalue weighted by molar-refractivity contribution is -0.385. The Labute approximate surface area is 132 Å². The number of nitrogens with zero attached hydrogens (tertiary/aromatic N) is 1. The van der Waals surface area contributed by atoms with Crippen LogP contribution in [-0.2, 0) is 0 Å². The summed E-state index contributed by atoms with van der Waals surface area (Å²) in [5.74, 6) is 0. The molecule has 108 valence electrons. The van der Waals surface area contributed by atoms with E-state index in [-0.39, 0.29) is 10.6 Å². The van der Waals surface area contributed by atoms with Crippen molar-refractivity contribution in [3.05, 3.63) is 54.7 Å². The fourth-order valence-corrected chi connectivity index (χ4v) is 3.39. The number of rotatable bonds is 6. The number of halogens is 1. The molecule has 0 aliphatic carbocycles. The van der Waals surface area contributed by atoms with Gasteiger partial charge in [0.15, 0.2) is 0 Å². The van der Waals surface area contributed by atoms with Crippen LogP contribution < -0.4 is 0 Å². The molecule has 0 amide bonds. The Bertz CT molecular complexity index is 553. The predicted molar refractivity (Wildman–Crippen MR) is 90.9 cm³/mol. The van der Waals surface area contributed by atoms with Crippen molar-refractivity contribution in [3.8, 4) is 0 Å². The monoisotopic (exact) mass is 355 g/mol. The Kier molecular flexibility index (Phi) is 7.02. The van der Waals surface area contributed by atoms with Crippen molar-refractivity contribution >= 4 is 39.0 Å². The summed E-state index contributed by atoms with van der Waals surface area (Å²) in [4.78, 5) is 11.9. The Morgan fingerprint density at radius 1 is 1.40 bits per heavy atom. The summed E-state index contributed by atoms with van der Waals surface area (Å²) < 4.78 is 0.914. The van der Waals surface area contributed by atoms with Gasteiger partial charge < -0.3 is 0 Å². The van der Waals surface area contributed by atoms with Crippen LogP contribution in [0.4, 0.5) is 5.69 Å². The molecule has 3 nitrogen and oxygen atoms in total. The third kappa shape index (κ3) is 4.80. The molecule has 0 unspecified atom stereocenters. The summed E-state index contributed by atoms with van der Waals surface area (Å²) in [5, 5.41) is 11.1. The van der Waals surface area contributed by atoms with Gasteiger partial charge in [-0.25, -0.2) is 0 Å². The highest BCUT2D eigenvalue weighted by Gasteiger charge is 2.15. The van der Waals surface area contributed by atoms with E-state index < -0.39 is 0 Å². The van der Waals surface area contributed by atoms with Crippen molar-refractivity contribution in [1.82, 2.24) is 0 Å². The van der Waals surface area contributed by atoms with Crippen molar-refractivity contribution in [3.63, 3.8) is 0 Å². The lowest BCUT2D eigenvalue weighted by Crippen LogP contribution is -1.93. The summed E-state index contributed by atoms with van der Waals surface area (Å²) >= 11 is 5.13. The molecule has 0 bridgehead atoms. The van der Waals surface area contributed by atoms with Gasteiger partial charge in [0.2, 0.25) is 0 Å². The van der Waals surface area contributed by atoms with Crippen LogP contribution in [0.15, 0.2) is 39.1 Å². The summed E-state index contributed by atoms with van der Waals surface area (Å²) in [6, 6.07) is 6.81. The van der Waals surface area contributed by atoms with Gasteiger partial charge in [-0.05, 0) is 52.7 Å². The standard InChI is InChI=1S/C15H18BrNO2S/c1-4-5-8-11(2)20-15(16)12(3)13-9-6-7-10-14(13)17(18)19/h6-10H,4-5H2,1-3H3/b11-8+,15-12+. The van der Waals surface area contributed by atoms with Gasteiger partial charge in [-0.1, -0.05) is 43.3 Å². The first-order valence-corrected chi connectivity index (χ1v) is 8.03. The molecule has 0 spiro atoms. The van der Waals surface area contributed by atoms with E-state index in [9.17, 15) is 10.1 Å². The van der Waals surface area contributed by atoms with Crippen molar-refractivity contribution < 1.29 is 4.92 Å². The molecular weight excluding hydrogens is 338 g/mol. The second-order valence-corrected chi connectivity index (χ2v) is 6.95. The van der Waals surface area contributed by atoms with Crippen LogP contribution >= 0.6 is 27.7 Å². The number of benzene rings is 1. The van der Waals surface area contributed by atoms with Crippen LogP contribution in [0.25, 0.3) is 5.57 Å². The zero-order chi connectivity index (χ0) is 15.1. The normalized spacial score (nSPS) is 13.1. The van der Waals surface area contributed by atoms with Crippen LogP contribution in [-0.4, -0.2) is 4.92 Å². The zero-order valence-electron chi connectivity index (χ0n) is 11.9. The Morgan fingerprint density at radius 2 is 2.05 bits per heavy atom. The number of nitro groups is 1. The van der Waals surface area contributed by atoms with Crippen LogP contribution in [0.2, 0.25) is 0 Å². The maximum atomic E-state index is 11.1. The maximum absolute atomic E-state index is 11.1. The third-order valence-electron chi connectivity index (χ3n) is 2.77. The molecular formula is C15H18BrNO2S. The molecule has 0 aliphatic heterocycles. The van der Waals surface area contributed by atoms with E-state index in [1.54, 1.807) is 23.9 Å². The molecule has 1 aromatic rings. The van der Waals surface area contributed by atoms with Crippen LogP contribution in [0.5, 0.6) is 0 Å². The minimum absolute atomic E-state index is 0.137. The van der Waals surface area contributed by atoms with Gasteiger partial charge in [0.05, 0.1) is 14.3 Å². The van der Waals surface area contributed by atoms with Crippen LogP contribution in [0, 0.1) is 10.1 Å². The Morgan fingerprint density at radius 3 is 2.65 bits per heavy atom. The molecule has 20 heavy (non-hydrogen) atoms. The minimum Gasteiger partial charge on any atom is -0.258 e. The first kappa shape index (κ1) is 17.0. The second-order valence-electron chi connectivity index (χ2n) is 4.38. The average Bonchev–Trinajstić information content (AvgIpc) is 2.44. The molecule has 0 aromatic heterocycles. The number of para-hydroxylation sites is 1. The second kappa shape index (κ2) is 8.27. The first-order valence-electron chi connectivity index (χ1n) is 6.42. The zero-order valence-corrected chi connectivity index (χ0v) is 14.3. The van der Waals surface area contributed by atoms with Crippen LogP contribution in [0.3, 0.4) is 0 Å². The Hall–Kier alpha value is -1.07. The van der Waals surface area contributed by atoms with E-state index in [1.165, 1.54) is 11.0 Å². The lowest BCUT2D eigenvalue weighted by atomic mass is 10.1. The summed E-state index contributed by atoms with van der Waals surface area (Å²) in [7, 11) is 0. The number of nitro benzene ring substituents is 1. The van der Waals surface area contributed by atoms with Crippen molar-refractivity contribution in [1.29, 1.82) is 0 Å². The maximum Gasteiger partial charge on any atom is 0.276 e. The van der Waals surface area contributed by atoms with E-state index >= 15 is 0 Å². The number of unbranched alkanes of at least 4 members (excludes halogenated alkanes) is 1. The molecule has 5 heteroatoms. The van der Waals surface area contributed by atoms with Gasteiger partial charge in [-0.2, -0.15) is 0 Å². The summed E-state index contributed by atoms with van der Waals surface area (Å²) in [6.07, 6.45) is 4.34. The average molecular weight is 356 g/mol. The third-order valence-corrected chi connectivity index (χ3v) is 4.83. The van der Waals surface area contributed by atoms with Gasteiger partial charge in [0.25, 0.3) is 5.69 Å².